The lowest BCUT2D eigenvalue weighted by molar-refractivity contribution is -0.142. The number of Topliss-reactive ketones (excluding diaryl/α,β-unsaturated/α-hetero) is 1. The molecule has 6 rings (SSSR count). The summed E-state index contributed by atoms with van der Waals surface area (Å²) in [4.78, 5) is 45.1. The molecule has 3 aromatic carbocycles. The second kappa shape index (κ2) is 8.92. The van der Waals surface area contributed by atoms with E-state index < -0.39 is 23.9 Å². The van der Waals surface area contributed by atoms with E-state index >= 15 is 0 Å². The van der Waals surface area contributed by atoms with Crippen LogP contribution in [0.5, 0.6) is 11.5 Å². The molecular weight excluding hydrogens is 468 g/mol. The minimum atomic E-state index is -0.824. The molecule has 3 aliphatic heterocycles. The van der Waals surface area contributed by atoms with Crippen LogP contribution in [0.15, 0.2) is 79.0 Å². The topological polar surface area (TPSA) is 76.2 Å². The molecule has 3 aliphatic rings. The maximum absolute atomic E-state index is 14.1. The molecule has 37 heavy (non-hydrogen) atoms. The van der Waals surface area contributed by atoms with E-state index in [0.717, 1.165) is 16.7 Å². The van der Waals surface area contributed by atoms with E-state index in [1.807, 2.05) is 71.8 Å². The predicted molar refractivity (Wildman–Crippen MR) is 137 cm³/mol. The van der Waals surface area contributed by atoms with E-state index in [1.54, 1.807) is 18.2 Å². The zero-order valence-electron chi connectivity index (χ0n) is 20.5. The number of fused-ring (bicyclic) bond motifs is 5. The molecule has 2 fully saturated rings. The van der Waals surface area contributed by atoms with Crippen molar-refractivity contribution in [3.05, 3.63) is 101 Å². The molecule has 186 valence electrons. The van der Waals surface area contributed by atoms with Crippen LogP contribution in [0.1, 0.15) is 33.1 Å². The van der Waals surface area contributed by atoms with Crippen LogP contribution in [0.4, 0.5) is 0 Å². The van der Waals surface area contributed by atoms with Gasteiger partial charge in [0.2, 0.25) is 11.8 Å². The molecule has 0 spiro atoms. The van der Waals surface area contributed by atoms with Crippen molar-refractivity contribution in [1.82, 2.24) is 9.80 Å². The molecule has 3 heterocycles. The Kier molecular flexibility index (Phi) is 5.56. The molecule has 1 unspecified atom stereocenters. The Labute approximate surface area is 214 Å². The van der Waals surface area contributed by atoms with Gasteiger partial charge in [0.1, 0.15) is 6.04 Å². The van der Waals surface area contributed by atoms with Crippen molar-refractivity contribution < 1.29 is 23.9 Å². The number of hydrogen-bond acceptors (Lipinski definition) is 6. The van der Waals surface area contributed by atoms with Crippen LogP contribution in [0.25, 0.3) is 6.08 Å². The minimum Gasteiger partial charge on any atom is -0.493 e. The van der Waals surface area contributed by atoms with Gasteiger partial charge in [0.25, 0.3) is 0 Å². The van der Waals surface area contributed by atoms with E-state index in [0.29, 0.717) is 17.1 Å². The summed E-state index contributed by atoms with van der Waals surface area (Å²) in [6.07, 6.45) is 3.80. The highest BCUT2D eigenvalue weighted by molar-refractivity contribution is 6.12. The van der Waals surface area contributed by atoms with Crippen LogP contribution in [0.3, 0.4) is 0 Å². The van der Waals surface area contributed by atoms with Gasteiger partial charge in [-0.05, 0) is 41.0 Å². The first-order chi connectivity index (χ1) is 18.0. The van der Waals surface area contributed by atoms with Crippen molar-refractivity contribution in [1.29, 1.82) is 0 Å². The van der Waals surface area contributed by atoms with Gasteiger partial charge < -0.3 is 14.4 Å². The number of likely N-dealkylation sites (tertiary alicyclic amines) is 1. The number of imide groups is 1. The monoisotopic (exact) mass is 494 g/mol. The summed E-state index contributed by atoms with van der Waals surface area (Å²) in [5.74, 6) is -1.29. The Hall–Kier alpha value is -4.39. The van der Waals surface area contributed by atoms with Gasteiger partial charge in [-0.3, -0.25) is 19.3 Å². The SMILES string of the molecule is COc1ccc(C(=O)[C@@H]2[C@@H]3C(=O)N(Cc4ccccc4)C(=O)[C@@H]3C3c4ccccc4C=CN32)cc1OC. The maximum atomic E-state index is 14.1. The van der Waals surface area contributed by atoms with Crippen LogP contribution in [-0.4, -0.2) is 47.7 Å². The quantitative estimate of drug-likeness (QED) is 0.380. The summed E-state index contributed by atoms with van der Waals surface area (Å²) in [5.41, 5.74) is 3.21. The van der Waals surface area contributed by atoms with Crippen molar-refractivity contribution in [3.63, 3.8) is 0 Å². The third kappa shape index (κ3) is 3.53. The molecule has 0 bridgehead atoms. The third-order valence-electron chi connectivity index (χ3n) is 7.67. The first-order valence-electron chi connectivity index (χ1n) is 12.2. The van der Waals surface area contributed by atoms with Gasteiger partial charge in [0.15, 0.2) is 17.3 Å². The lowest BCUT2D eigenvalue weighted by Crippen LogP contribution is -2.44. The molecule has 3 aromatic rings. The summed E-state index contributed by atoms with van der Waals surface area (Å²) in [6, 6.07) is 21.1. The normalized spacial score (nSPS) is 23.5. The second-order valence-electron chi connectivity index (χ2n) is 9.52. The number of hydrogen-bond donors (Lipinski definition) is 0. The van der Waals surface area contributed by atoms with Crippen LogP contribution in [0, 0.1) is 11.8 Å². The van der Waals surface area contributed by atoms with Gasteiger partial charge in [-0.15, -0.1) is 0 Å². The molecule has 7 heteroatoms. The molecule has 0 N–H and O–H groups in total. The lowest BCUT2D eigenvalue weighted by Gasteiger charge is -2.35. The number of carbonyl (C=O) groups excluding carboxylic acids is 3. The standard InChI is InChI=1S/C30H26N2O5/c1-36-22-13-12-20(16-23(22)37-2)28(33)27-25-24(26-21-11-7-6-10-19(21)14-15-31(26)27)29(34)32(30(25)35)17-18-8-4-3-5-9-18/h3-16,24-27H,17H2,1-2H3/t24-,25+,26?,27-/m0/s1. The second-order valence-corrected chi connectivity index (χ2v) is 9.52. The van der Waals surface area contributed by atoms with E-state index in [4.69, 9.17) is 9.47 Å². The van der Waals surface area contributed by atoms with Crippen LogP contribution in [-0.2, 0) is 16.1 Å². The van der Waals surface area contributed by atoms with Gasteiger partial charge in [-0.2, -0.15) is 0 Å². The first-order valence-corrected chi connectivity index (χ1v) is 12.2. The van der Waals surface area contributed by atoms with Crippen molar-refractivity contribution in [2.45, 2.75) is 18.6 Å². The smallest absolute Gasteiger partial charge is 0.236 e. The maximum Gasteiger partial charge on any atom is 0.236 e. The molecular formula is C30H26N2O5. The fraction of sp³-hybridized carbons (Fsp3) is 0.233. The molecule has 0 saturated carbocycles. The van der Waals surface area contributed by atoms with Crippen LogP contribution >= 0.6 is 0 Å². The van der Waals surface area contributed by atoms with Gasteiger partial charge >= 0.3 is 0 Å². The highest BCUT2D eigenvalue weighted by atomic mass is 16.5. The zero-order valence-corrected chi connectivity index (χ0v) is 20.5. The average Bonchev–Trinajstić information content (AvgIpc) is 3.41. The fourth-order valence-corrected chi connectivity index (χ4v) is 6.00. The molecule has 0 aromatic heterocycles. The Balaban J connectivity index is 1.44. The number of ether oxygens (including phenoxy) is 2. The summed E-state index contributed by atoms with van der Waals surface area (Å²) >= 11 is 0. The van der Waals surface area contributed by atoms with E-state index in [-0.39, 0.29) is 24.1 Å². The number of benzene rings is 3. The largest absolute Gasteiger partial charge is 0.493 e. The Morgan fingerprint density at radius 3 is 2.30 bits per heavy atom. The van der Waals surface area contributed by atoms with Crippen LogP contribution in [0.2, 0.25) is 0 Å². The number of amides is 2. The molecule has 0 radical (unpaired) electrons. The van der Waals surface area contributed by atoms with Crippen LogP contribution < -0.4 is 9.47 Å². The van der Waals surface area contributed by atoms with Gasteiger partial charge in [-0.25, -0.2) is 0 Å². The average molecular weight is 495 g/mol. The Bertz CT molecular complexity index is 1430. The summed E-state index contributed by atoms with van der Waals surface area (Å²) in [7, 11) is 3.05. The number of methoxy groups -OCH3 is 2. The van der Waals surface area contributed by atoms with E-state index in [2.05, 4.69) is 0 Å². The highest BCUT2D eigenvalue weighted by Gasteiger charge is 2.64. The molecule has 0 aliphatic carbocycles. The number of rotatable bonds is 6. The van der Waals surface area contributed by atoms with Crippen molar-refractivity contribution in [2.24, 2.45) is 11.8 Å². The highest BCUT2D eigenvalue weighted by Crippen LogP contribution is 2.53. The zero-order chi connectivity index (χ0) is 25.7. The summed E-state index contributed by atoms with van der Waals surface area (Å²) < 4.78 is 10.7. The Morgan fingerprint density at radius 1 is 0.838 bits per heavy atom. The predicted octanol–water partition coefficient (Wildman–Crippen LogP) is 4.10. The van der Waals surface area contributed by atoms with Crippen molar-refractivity contribution in [2.75, 3.05) is 14.2 Å². The fourth-order valence-electron chi connectivity index (χ4n) is 6.00. The molecule has 2 saturated heterocycles. The summed E-state index contributed by atoms with van der Waals surface area (Å²) in [5, 5.41) is 0. The lowest BCUT2D eigenvalue weighted by atomic mass is 9.83. The first kappa shape index (κ1) is 23.0. The number of ketones is 1. The molecule has 7 nitrogen and oxygen atoms in total. The van der Waals surface area contributed by atoms with E-state index in [9.17, 15) is 14.4 Å². The molecule has 2 amide bonds. The van der Waals surface area contributed by atoms with Gasteiger partial charge in [-0.1, -0.05) is 54.6 Å². The molecule has 4 atom stereocenters. The third-order valence-corrected chi connectivity index (χ3v) is 7.67. The van der Waals surface area contributed by atoms with Gasteiger partial charge in [0, 0.05) is 11.8 Å². The van der Waals surface area contributed by atoms with E-state index in [1.165, 1.54) is 19.1 Å². The number of nitrogens with zero attached hydrogens (tertiary/aromatic N) is 2. The summed E-state index contributed by atoms with van der Waals surface area (Å²) in [6.45, 7) is 0.187. The Morgan fingerprint density at radius 2 is 1.54 bits per heavy atom. The van der Waals surface area contributed by atoms with Gasteiger partial charge in [0.05, 0.1) is 38.6 Å². The van der Waals surface area contributed by atoms with Crippen molar-refractivity contribution >= 4 is 23.7 Å². The minimum absolute atomic E-state index is 0.187. The number of carbonyl (C=O) groups is 3. The van der Waals surface area contributed by atoms with Crippen molar-refractivity contribution in [3.8, 4) is 11.5 Å².